The van der Waals surface area contributed by atoms with Crippen LogP contribution in [0.3, 0.4) is 0 Å². The maximum atomic E-state index is 12.0. The minimum absolute atomic E-state index is 0.0602. The van der Waals surface area contributed by atoms with E-state index in [9.17, 15) is 18.0 Å². The summed E-state index contributed by atoms with van der Waals surface area (Å²) >= 11 is 1.14. The molecule has 108 valence electrons. The van der Waals surface area contributed by atoms with E-state index in [4.69, 9.17) is 0 Å². The highest BCUT2D eigenvalue weighted by Crippen LogP contribution is 2.29. The monoisotopic (exact) mass is 324 g/mol. The van der Waals surface area contributed by atoms with Gasteiger partial charge in [-0.3, -0.25) is 14.9 Å². The summed E-state index contributed by atoms with van der Waals surface area (Å²) in [5, 5.41) is 10.0. The summed E-state index contributed by atoms with van der Waals surface area (Å²) in [5.41, 5.74) is 1.64. The number of rotatable bonds is 2. The second-order valence-electron chi connectivity index (χ2n) is 4.19. The van der Waals surface area contributed by atoms with Crippen molar-refractivity contribution in [2.75, 3.05) is 12.4 Å². The van der Waals surface area contributed by atoms with Crippen LogP contribution in [0.5, 0.6) is 0 Å². The maximum absolute atomic E-state index is 12.0. The summed E-state index contributed by atoms with van der Waals surface area (Å²) in [4.78, 5) is 23.6. The highest BCUT2D eigenvalue weighted by Gasteiger charge is 2.38. The number of carbonyl (C=O) groups is 2. The van der Waals surface area contributed by atoms with Gasteiger partial charge in [0.15, 0.2) is 0 Å². The summed E-state index contributed by atoms with van der Waals surface area (Å²) in [7, 11) is -2.69. The van der Waals surface area contributed by atoms with Crippen LogP contribution in [0.1, 0.15) is 20.7 Å². The Balaban J connectivity index is 2.00. The predicted molar refractivity (Wildman–Crippen MR) is 73.6 cm³/mol. The van der Waals surface area contributed by atoms with Crippen molar-refractivity contribution in [1.82, 2.24) is 14.5 Å². The molecule has 3 rings (SSSR count). The van der Waals surface area contributed by atoms with E-state index in [0.717, 1.165) is 11.3 Å². The van der Waals surface area contributed by atoms with E-state index in [0.29, 0.717) is 9.44 Å². The Bertz CT molecular complexity index is 845. The predicted octanol–water partition coefficient (Wildman–Crippen LogP) is 0.565. The summed E-state index contributed by atoms with van der Waals surface area (Å²) in [6.07, 6.45) is 0. The fourth-order valence-electron chi connectivity index (χ4n) is 1.88. The molecule has 10 heteroatoms. The number of sulfonamides is 1. The molecule has 2 amide bonds. The van der Waals surface area contributed by atoms with E-state index in [1.807, 2.05) is 0 Å². The Morgan fingerprint density at radius 3 is 2.81 bits per heavy atom. The van der Waals surface area contributed by atoms with Crippen molar-refractivity contribution < 1.29 is 18.0 Å². The van der Waals surface area contributed by atoms with Gasteiger partial charge in [-0.2, -0.15) is 0 Å². The highest BCUT2D eigenvalue weighted by atomic mass is 32.2. The van der Waals surface area contributed by atoms with Crippen LogP contribution in [0, 0.1) is 0 Å². The van der Waals surface area contributed by atoms with Crippen LogP contribution in [0.4, 0.5) is 5.13 Å². The van der Waals surface area contributed by atoms with Gasteiger partial charge >= 0.3 is 0 Å². The van der Waals surface area contributed by atoms with Gasteiger partial charge in [-0.1, -0.05) is 11.3 Å². The van der Waals surface area contributed by atoms with Gasteiger partial charge in [0.05, 0.1) is 5.56 Å². The Labute approximate surface area is 123 Å². The third-order valence-corrected chi connectivity index (χ3v) is 5.37. The first-order valence-electron chi connectivity index (χ1n) is 5.66. The van der Waals surface area contributed by atoms with Crippen LogP contribution < -0.4 is 5.32 Å². The average Bonchev–Trinajstić information content (AvgIpc) is 3.02. The number of hydrogen-bond acceptors (Lipinski definition) is 7. The van der Waals surface area contributed by atoms with Crippen molar-refractivity contribution in [2.24, 2.45) is 0 Å². The van der Waals surface area contributed by atoms with Gasteiger partial charge < -0.3 is 0 Å². The minimum Gasteiger partial charge on any atom is -0.296 e. The van der Waals surface area contributed by atoms with Crippen LogP contribution in [0.2, 0.25) is 0 Å². The Kier molecular flexibility index (Phi) is 2.99. The van der Waals surface area contributed by atoms with E-state index in [-0.39, 0.29) is 16.0 Å². The number of carbonyl (C=O) groups excluding carboxylic acids is 2. The van der Waals surface area contributed by atoms with Gasteiger partial charge in [-0.05, 0) is 18.2 Å². The van der Waals surface area contributed by atoms with Crippen molar-refractivity contribution in [3.05, 3.63) is 34.8 Å². The molecule has 2 heterocycles. The van der Waals surface area contributed by atoms with Crippen LogP contribution in [0.25, 0.3) is 0 Å². The second-order valence-corrected chi connectivity index (χ2v) is 6.96. The summed E-state index contributed by atoms with van der Waals surface area (Å²) in [6, 6.07) is 3.90. The van der Waals surface area contributed by atoms with Crippen molar-refractivity contribution in [3.8, 4) is 0 Å². The van der Waals surface area contributed by atoms with Gasteiger partial charge in [-0.25, -0.2) is 12.7 Å². The molecule has 0 saturated heterocycles. The number of amides is 2. The molecule has 0 unspecified atom stereocenters. The van der Waals surface area contributed by atoms with Crippen LogP contribution in [0.15, 0.2) is 28.6 Å². The number of aromatic nitrogens is 2. The molecule has 1 aliphatic rings. The molecule has 1 N–H and O–H groups in total. The number of anilines is 1. The van der Waals surface area contributed by atoms with Gasteiger partial charge in [0.1, 0.15) is 10.4 Å². The van der Waals surface area contributed by atoms with E-state index in [1.165, 1.54) is 30.8 Å². The summed E-state index contributed by atoms with van der Waals surface area (Å²) in [6.45, 7) is 0. The second kappa shape index (κ2) is 4.60. The Morgan fingerprint density at radius 1 is 1.38 bits per heavy atom. The van der Waals surface area contributed by atoms with E-state index < -0.39 is 21.8 Å². The highest BCUT2D eigenvalue weighted by molar-refractivity contribution is 7.90. The third-order valence-electron chi connectivity index (χ3n) is 2.98. The molecule has 0 bridgehead atoms. The van der Waals surface area contributed by atoms with Crippen molar-refractivity contribution in [1.29, 1.82) is 0 Å². The first-order valence-corrected chi connectivity index (χ1v) is 7.98. The van der Waals surface area contributed by atoms with Crippen LogP contribution in [-0.4, -0.2) is 41.8 Å². The van der Waals surface area contributed by atoms with E-state index in [2.05, 4.69) is 15.5 Å². The number of nitrogens with one attached hydrogen (secondary N) is 1. The van der Waals surface area contributed by atoms with Gasteiger partial charge in [0.2, 0.25) is 5.13 Å². The number of fused-ring (bicyclic) bond motifs is 1. The topological polar surface area (TPSA) is 109 Å². The molecule has 2 aromatic rings. The molecule has 1 aromatic carbocycles. The summed E-state index contributed by atoms with van der Waals surface area (Å²) in [5.74, 6) is -1.13. The zero-order valence-corrected chi connectivity index (χ0v) is 12.2. The zero-order valence-electron chi connectivity index (χ0n) is 10.6. The number of hydrogen-bond donors (Lipinski definition) is 1. The number of benzene rings is 1. The molecular formula is C11H8N4O4S2. The normalized spacial score (nSPS) is 15.9. The quantitative estimate of drug-likeness (QED) is 0.864. The van der Waals surface area contributed by atoms with Gasteiger partial charge in [0, 0.05) is 12.6 Å². The zero-order chi connectivity index (χ0) is 15.2. The lowest BCUT2D eigenvalue weighted by Gasteiger charge is -2.06. The van der Waals surface area contributed by atoms with Crippen molar-refractivity contribution in [3.63, 3.8) is 0 Å². The van der Waals surface area contributed by atoms with Crippen LogP contribution in [-0.2, 0) is 10.0 Å². The van der Waals surface area contributed by atoms with E-state index in [1.54, 1.807) is 0 Å². The van der Waals surface area contributed by atoms with Gasteiger partial charge in [-0.15, -0.1) is 10.2 Å². The minimum atomic E-state index is -3.87. The molecule has 0 aliphatic carbocycles. The molecule has 0 atom stereocenters. The van der Waals surface area contributed by atoms with Crippen LogP contribution >= 0.6 is 11.3 Å². The lowest BCUT2D eigenvalue weighted by Crippen LogP contribution is -2.24. The Morgan fingerprint density at radius 2 is 2.14 bits per heavy atom. The molecule has 0 fully saturated rings. The molecule has 0 spiro atoms. The fourth-order valence-corrected chi connectivity index (χ4v) is 3.64. The molecule has 1 aliphatic heterocycles. The molecule has 8 nitrogen and oxygen atoms in total. The summed E-state index contributed by atoms with van der Waals surface area (Å²) < 4.78 is 24.7. The van der Waals surface area contributed by atoms with E-state index >= 15 is 0 Å². The lowest BCUT2D eigenvalue weighted by atomic mass is 10.1. The smallest absolute Gasteiger partial charge is 0.268 e. The van der Waals surface area contributed by atoms with Crippen molar-refractivity contribution in [2.45, 2.75) is 4.90 Å². The van der Waals surface area contributed by atoms with Crippen molar-refractivity contribution >= 4 is 38.3 Å². The third kappa shape index (κ3) is 2.08. The molecule has 21 heavy (non-hydrogen) atoms. The SMILES string of the molecule is CN1C(=O)c2ccc(C(=O)Nc3nncs3)cc2S1(=O)=O. The average molecular weight is 324 g/mol. The fraction of sp³-hybridized carbons (Fsp3) is 0.0909. The first-order chi connectivity index (χ1) is 9.91. The lowest BCUT2D eigenvalue weighted by molar-refractivity contribution is 0.0890. The molecule has 0 saturated carbocycles. The Hall–Kier alpha value is -2.33. The molecule has 1 aromatic heterocycles. The standard InChI is InChI=1S/C11H8N4O4S2/c1-15-10(17)7-3-2-6(4-8(7)21(15,18)19)9(16)13-11-14-12-5-20-11/h2-5H,1H3,(H,13,14,16). The molecule has 0 radical (unpaired) electrons. The van der Waals surface area contributed by atoms with Gasteiger partial charge in [0.25, 0.3) is 21.8 Å². The molecular weight excluding hydrogens is 316 g/mol. The maximum Gasteiger partial charge on any atom is 0.268 e. The number of nitrogens with zero attached hydrogens (tertiary/aromatic N) is 3. The first kappa shape index (κ1) is 13.6. The largest absolute Gasteiger partial charge is 0.296 e.